The molecule has 0 spiro atoms. The SMILES string of the molecule is CC(C)(C)c1cc(NC(=O)C[NH+]2CCC[C@@H]2c2ccc3c(c2)OCCCO3)on1. The zero-order valence-electron chi connectivity index (χ0n) is 17.4. The number of carbonyl (C=O) groups is 1. The number of rotatable bonds is 4. The summed E-state index contributed by atoms with van der Waals surface area (Å²) in [6.07, 6.45) is 3.04. The van der Waals surface area contributed by atoms with Crippen LogP contribution in [-0.2, 0) is 10.2 Å². The normalized spacial score (nSPS) is 21.6. The van der Waals surface area contributed by atoms with Crippen LogP contribution in [-0.4, -0.2) is 37.4 Å². The van der Waals surface area contributed by atoms with Gasteiger partial charge in [-0.15, -0.1) is 0 Å². The Balaban J connectivity index is 1.41. The van der Waals surface area contributed by atoms with Crippen molar-refractivity contribution in [1.82, 2.24) is 5.16 Å². The minimum atomic E-state index is -0.116. The Morgan fingerprint density at radius 1 is 1.17 bits per heavy atom. The van der Waals surface area contributed by atoms with Crippen LogP contribution in [0.4, 0.5) is 5.88 Å². The molecule has 1 aromatic heterocycles. The first-order valence-corrected chi connectivity index (χ1v) is 10.4. The fraction of sp³-hybridized carbons (Fsp3) is 0.545. The zero-order chi connectivity index (χ0) is 20.4. The summed E-state index contributed by atoms with van der Waals surface area (Å²) < 4.78 is 16.9. The Labute approximate surface area is 171 Å². The molecule has 1 unspecified atom stereocenters. The number of hydrogen-bond donors (Lipinski definition) is 2. The summed E-state index contributed by atoms with van der Waals surface area (Å²) in [6, 6.07) is 8.26. The van der Waals surface area contributed by atoms with Crippen molar-refractivity contribution < 1.29 is 23.7 Å². The summed E-state index contributed by atoms with van der Waals surface area (Å²) in [6.45, 7) is 8.90. The Hall–Kier alpha value is -2.54. The standard InChI is InChI=1S/C22H29N3O4/c1-22(2,3)19-13-21(29-24-19)23-20(26)14-25-9-4-6-16(25)15-7-8-17-18(12-15)28-11-5-10-27-17/h7-8,12-13,16H,4-6,9-11,14H2,1-3H3,(H,23,26)/p+1/t16-/m1/s1. The molecular weight excluding hydrogens is 370 g/mol. The first kappa shape index (κ1) is 19.8. The zero-order valence-corrected chi connectivity index (χ0v) is 17.4. The van der Waals surface area contributed by atoms with Gasteiger partial charge in [-0.25, -0.2) is 0 Å². The highest BCUT2D eigenvalue weighted by Gasteiger charge is 2.32. The van der Waals surface area contributed by atoms with E-state index in [2.05, 4.69) is 43.4 Å². The highest BCUT2D eigenvalue weighted by Crippen LogP contribution is 2.33. The predicted octanol–water partition coefficient (Wildman–Crippen LogP) is 2.49. The monoisotopic (exact) mass is 400 g/mol. The molecule has 29 heavy (non-hydrogen) atoms. The first-order valence-electron chi connectivity index (χ1n) is 10.4. The summed E-state index contributed by atoms with van der Waals surface area (Å²) in [4.78, 5) is 13.9. The van der Waals surface area contributed by atoms with Gasteiger partial charge in [0, 0.05) is 36.3 Å². The van der Waals surface area contributed by atoms with Crippen molar-refractivity contribution in [3.05, 3.63) is 35.5 Å². The fourth-order valence-corrected chi connectivity index (χ4v) is 4.00. The van der Waals surface area contributed by atoms with E-state index in [-0.39, 0.29) is 17.4 Å². The van der Waals surface area contributed by atoms with E-state index in [9.17, 15) is 4.79 Å². The number of quaternary nitrogens is 1. The van der Waals surface area contributed by atoms with Crippen molar-refractivity contribution in [3.63, 3.8) is 0 Å². The fourth-order valence-electron chi connectivity index (χ4n) is 4.00. The number of hydrogen-bond acceptors (Lipinski definition) is 5. The average Bonchev–Trinajstić information content (AvgIpc) is 3.25. The van der Waals surface area contributed by atoms with Crippen LogP contribution in [0.2, 0.25) is 0 Å². The summed E-state index contributed by atoms with van der Waals surface area (Å²) in [5.74, 6) is 1.97. The van der Waals surface area contributed by atoms with Gasteiger partial charge < -0.3 is 18.9 Å². The number of carbonyl (C=O) groups excluding carboxylic acids is 1. The van der Waals surface area contributed by atoms with Crippen molar-refractivity contribution in [1.29, 1.82) is 0 Å². The number of nitrogens with zero attached hydrogens (tertiary/aromatic N) is 1. The Morgan fingerprint density at radius 3 is 2.72 bits per heavy atom. The molecule has 2 aliphatic heterocycles. The highest BCUT2D eigenvalue weighted by molar-refractivity contribution is 5.90. The van der Waals surface area contributed by atoms with Gasteiger partial charge in [-0.1, -0.05) is 25.9 Å². The topological polar surface area (TPSA) is 78.0 Å². The van der Waals surface area contributed by atoms with E-state index in [1.807, 2.05) is 6.07 Å². The summed E-state index contributed by atoms with van der Waals surface area (Å²) in [5.41, 5.74) is 1.91. The van der Waals surface area contributed by atoms with Crippen LogP contribution in [0.1, 0.15) is 57.3 Å². The molecule has 4 rings (SSSR count). The number of ether oxygens (including phenoxy) is 2. The molecule has 1 fully saturated rings. The number of fused-ring (bicyclic) bond motifs is 1. The molecule has 7 heteroatoms. The predicted molar refractivity (Wildman–Crippen MR) is 109 cm³/mol. The van der Waals surface area contributed by atoms with Crippen LogP contribution in [0.3, 0.4) is 0 Å². The molecule has 7 nitrogen and oxygen atoms in total. The molecule has 2 N–H and O–H groups in total. The van der Waals surface area contributed by atoms with E-state index in [0.29, 0.717) is 25.6 Å². The molecule has 1 aromatic carbocycles. The van der Waals surface area contributed by atoms with Gasteiger partial charge in [0.1, 0.15) is 6.04 Å². The van der Waals surface area contributed by atoms with Gasteiger partial charge in [0.05, 0.1) is 25.5 Å². The lowest BCUT2D eigenvalue weighted by Gasteiger charge is -2.22. The third-order valence-electron chi connectivity index (χ3n) is 5.59. The lowest BCUT2D eigenvalue weighted by atomic mass is 9.92. The quantitative estimate of drug-likeness (QED) is 0.825. The Morgan fingerprint density at radius 2 is 1.97 bits per heavy atom. The van der Waals surface area contributed by atoms with Crippen molar-refractivity contribution in [2.45, 2.75) is 51.5 Å². The molecule has 1 amide bonds. The first-order chi connectivity index (χ1) is 13.9. The Kier molecular flexibility index (Phi) is 5.50. The number of amides is 1. The van der Waals surface area contributed by atoms with Crippen LogP contribution in [0.15, 0.2) is 28.8 Å². The van der Waals surface area contributed by atoms with Crippen LogP contribution >= 0.6 is 0 Å². The van der Waals surface area contributed by atoms with E-state index in [4.69, 9.17) is 14.0 Å². The van der Waals surface area contributed by atoms with Gasteiger partial charge in [0.15, 0.2) is 18.0 Å². The van der Waals surface area contributed by atoms with Gasteiger partial charge in [-0.05, 0) is 18.2 Å². The van der Waals surface area contributed by atoms with Gasteiger partial charge >= 0.3 is 0 Å². The van der Waals surface area contributed by atoms with Gasteiger partial charge in [0.2, 0.25) is 5.88 Å². The number of aromatic nitrogens is 1. The lowest BCUT2D eigenvalue weighted by Crippen LogP contribution is -3.11. The molecule has 2 aromatic rings. The van der Waals surface area contributed by atoms with Crippen molar-refractivity contribution >= 4 is 11.8 Å². The molecule has 156 valence electrons. The number of anilines is 1. The van der Waals surface area contributed by atoms with Crippen molar-refractivity contribution in [3.8, 4) is 11.5 Å². The lowest BCUT2D eigenvalue weighted by molar-refractivity contribution is -0.910. The Bertz CT molecular complexity index is 871. The molecular formula is C22H30N3O4+. The minimum absolute atomic E-state index is 0.0575. The molecule has 0 aliphatic carbocycles. The summed E-state index contributed by atoms with van der Waals surface area (Å²) >= 11 is 0. The van der Waals surface area contributed by atoms with E-state index in [1.54, 1.807) is 6.07 Å². The molecule has 0 saturated carbocycles. The van der Waals surface area contributed by atoms with E-state index in [0.717, 1.165) is 43.0 Å². The third kappa shape index (κ3) is 4.56. The van der Waals surface area contributed by atoms with Crippen LogP contribution in [0.25, 0.3) is 0 Å². The van der Waals surface area contributed by atoms with Crippen LogP contribution in [0.5, 0.6) is 11.5 Å². The maximum Gasteiger partial charge on any atom is 0.281 e. The second kappa shape index (κ2) is 8.06. The second-order valence-corrected chi connectivity index (χ2v) is 8.91. The van der Waals surface area contributed by atoms with Crippen molar-refractivity contribution in [2.75, 3.05) is 31.6 Å². The molecule has 0 bridgehead atoms. The maximum atomic E-state index is 12.6. The number of nitrogens with one attached hydrogen (secondary N) is 2. The van der Waals surface area contributed by atoms with Crippen molar-refractivity contribution in [2.24, 2.45) is 0 Å². The van der Waals surface area contributed by atoms with Crippen LogP contribution in [0, 0.1) is 0 Å². The van der Waals surface area contributed by atoms with E-state index >= 15 is 0 Å². The van der Waals surface area contributed by atoms with Gasteiger partial charge in [-0.2, -0.15) is 0 Å². The van der Waals surface area contributed by atoms with Gasteiger partial charge in [0.25, 0.3) is 5.91 Å². The largest absolute Gasteiger partial charge is 0.490 e. The molecule has 2 atom stereocenters. The van der Waals surface area contributed by atoms with E-state index < -0.39 is 0 Å². The minimum Gasteiger partial charge on any atom is -0.490 e. The smallest absolute Gasteiger partial charge is 0.281 e. The second-order valence-electron chi connectivity index (χ2n) is 8.91. The summed E-state index contributed by atoms with van der Waals surface area (Å²) in [5, 5.41) is 6.92. The molecule has 3 heterocycles. The molecule has 2 aliphatic rings. The molecule has 0 radical (unpaired) electrons. The third-order valence-corrected chi connectivity index (χ3v) is 5.59. The maximum absolute atomic E-state index is 12.6. The number of benzene rings is 1. The van der Waals surface area contributed by atoms with E-state index in [1.165, 1.54) is 10.5 Å². The average molecular weight is 400 g/mol. The van der Waals surface area contributed by atoms with Crippen LogP contribution < -0.4 is 19.7 Å². The highest BCUT2D eigenvalue weighted by atomic mass is 16.5. The number of likely N-dealkylation sites (tertiary alicyclic amines) is 1. The summed E-state index contributed by atoms with van der Waals surface area (Å²) in [7, 11) is 0. The molecule has 1 saturated heterocycles. The van der Waals surface area contributed by atoms with Gasteiger partial charge in [-0.3, -0.25) is 10.1 Å².